The fourth-order valence-electron chi connectivity index (χ4n) is 4.30. The minimum Gasteiger partial charge on any atom is -0.406 e. The predicted octanol–water partition coefficient (Wildman–Crippen LogP) is 4.41. The lowest BCUT2D eigenvalue weighted by Gasteiger charge is -2.42. The number of nitrogens with zero attached hydrogens (tertiary/aromatic N) is 1. The van der Waals surface area contributed by atoms with Crippen LogP contribution in [-0.4, -0.2) is 18.3 Å². The van der Waals surface area contributed by atoms with Gasteiger partial charge in [-0.05, 0) is 54.7 Å². The molecule has 4 nitrogen and oxygen atoms in total. The van der Waals surface area contributed by atoms with Crippen LogP contribution in [0.4, 0.5) is 18.9 Å². The Bertz CT molecular complexity index is 851. The van der Waals surface area contributed by atoms with E-state index in [9.17, 15) is 18.0 Å². The molecule has 1 aliphatic heterocycles. The summed E-state index contributed by atoms with van der Waals surface area (Å²) in [4.78, 5) is 15.0. The third kappa shape index (κ3) is 3.27. The highest BCUT2D eigenvalue weighted by atomic mass is 19.4. The summed E-state index contributed by atoms with van der Waals surface area (Å²) >= 11 is 0. The smallest absolute Gasteiger partial charge is 0.406 e. The molecule has 0 spiro atoms. The highest BCUT2D eigenvalue weighted by molar-refractivity contribution is 6.07. The number of hydrogen-bond donors (Lipinski definition) is 1. The monoisotopic (exact) mass is 376 g/mol. The lowest BCUT2D eigenvalue weighted by Crippen LogP contribution is -2.49. The van der Waals surface area contributed by atoms with Crippen molar-refractivity contribution in [2.24, 2.45) is 11.7 Å². The lowest BCUT2D eigenvalue weighted by molar-refractivity contribution is -0.274. The van der Waals surface area contributed by atoms with Crippen molar-refractivity contribution in [3.8, 4) is 5.75 Å². The molecule has 1 amide bonds. The van der Waals surface area contributed by atoms with E-state index in [4.69, 9.17) is 5.73 Å². The molecule has 3 unspecified atom stereocenters. The zero-order valence-electron chi connectivity index (χ0n) is 14.4. The molecule has 0 aromatic heterocycles. The summed E-state index contributed by atoms with van der Waals surface area (Å²) in [5.74, 6) is -0.389. The minimum atomic E-state index is -4.76. The number of carbonyl (C=O) groups is 1. The van der Waals surface area contributed by atoms with Gasteiger partial charge in [0.15, 0.2) is 0 Å². The zero-order valence-corrected chi connectivity index (χ0v) is 14.4. The van der Waals surface area contributed by atoms with Crippen molar-refractivity contribution in [2.75, 3.05) is 4.90 Å². The topological polar surface area (TPSA) is 55.6 Å². The summed E-state index contributed by atoms with van der Waals surface area (Å²) in [6, 6.07) is 12.5. The van der Waals surface area contributed by atoms with Gasteiger partial charge in [-0.15, -0.1) is 13.2 Å². The number of hydrogen-bond acceptors (Lipinski definition) is 3. The van der Waals surface area contributed by atoms with Crippen LogP contribution in [0.25, 0.3) is 0 Å². The third-order valence-corrected chi connectivity index (χ3v) is 5.43. The molecule has 1 aliphatic carbocycles. The molecule has 0 radical (unpaired) electrons. The number of carbonyl (C=O) groups excluding carboxylic acids is 1. The standard InChI is InChI=1S/C20H19F3N2O2/c21-20(22,23)27-13-10-8-12(9-11-13)19(26)25-16-6-2-1-4-14(16)18(24)15-5-3-7-17(15)25/h1-2,4,6,8-11,15,17-18H,3,5,7,24H2. The lowest BCUT2D eigenvalue weighted by atomic mass is 9.83. The second-order valence-corrected chi connectivity index (χ2v) is 6.99. The van der Waals surface area contributed by atoms with E-state index in [2.05, 4.69) is 4.74 Å². The number of nitrogens with two attached hydrogens (primary N) is 1. The maximum Gasteiger partial charge on any atom is 0.573 e. The van der Waals surface area contributed by atoms with E-state index in [1.54, 1.807) is 4.90 Å². The molecule has 7 heteroatoms. The van der Waals surface area contributed by atoms with Gasteiger partial charge in [0.1, 0.15) is 5.75 Å². The summed E-state index contributed by atoms with van der Waals surface area (Å²) in [5.41, 5.74) is 8.49. The Morgan fingerprint density at radius 2 is 1.78 bits per heavy atom. The van der Waals surface area contributed by atoms with E-state index in [0.29, 0.717) is 5.56 Å². The maximum absolute atomic E-state index is 13.2. The van der Waals surface area contributed by atoms with Crippen LogP contribution in [0.1, 0.15) is 41.2 Å². The van der Waals surface area contributed by atoms with Crippen molar-refractivity contribution in [1.82, 2.24) is 0 Å². The molecule has 2 aliphatic rings. The third-order valence-electron chi connectivity index (χ3n) is 5.43. The fraction of sp³-hybridized carbons (Fsp3) is 0.350. The summed E-state index contributed by atoms with van der Waals surface area (Å²) < 4.78 is 40.9. The van der Waals surface area contributed by atoms with Crippen LogP contribution in [0.2, 0.25) is 0 Å². The second-order valence-electron chi connectivity index (χ2n) is 6.99. The number of halogens is 3. The molecule has 142 valence electrons. The number of alkyl halides is 3. The van der Waals surface area contributed by atoms with E-state index in [0.717, 1.165) is 42.6 Å². The van der Waals surface area contributed by atoms with Gasteiger partial charge < -0.3 is 15.4 Å². The Morgan fingerprint density at radius 1 is 1.07 bits per heavy atom. The zero-order chi connectivity index (χ0) is 19.2. The van der Waals surface area contributed by atoms with E-state index in [1.165, 1.54) is 12.1 Å². The first-order valence-electron chi connectivity index (χ1n) is 8.89. The number of fused-ring (bicyclic) bond motifs is 2. The van der Waals surface area contributed by atoms with Gasteiger partial charge in [0.2, 0.25) is 0 Å². The van der Waals surface area contributed by atoms with Gasteiger partial charge in [-0.25, -0.2) is 0 Å². The van der Waals surface area contributed by atoms with Crippen LogP contribution in [0, 0.1) is 5.92 Å². The predicted molar refractivity (Wildman–Crippen MR) is 94.4 cm³/mol. The number of benzene rings is 2. The molecular formula is C20H19F3N2O2. The van der Waals surface area contributed by atoms with E-state index in [1.807, 2.05) is 24.3 Å². The molecular weight excluding hydrogens is 357 g/mol. The summed E-state index contributed by atoms with van der Waals surface area (Å²) in [6.45, 7) is 0. The molecule has 4 rings (SSSR count). The van der Waals surface area contributed by atoms with Gasteiger partial charge in [-0.2, -0.15) is 0 Å². The average molecular weight is 376 g/mol. The molecule has 3 atom stereocenters. The average Bonchev–Trinajstić information content (AvgIpc) is 3.11. The molecule has 0 bridgehead atoms. The highest BCUT2D eigenvalue weighted by Crippen LogP contribution is 2.47. The normalized spacial score (nSPS) is 24.3. The Labute approximate surface area is 154 Å². The van der Waals surface area contributed by atoms with Crippen LogP contribution in [0.3, 0.4) is 0 Å². The maximum atomic E-state index is 13.2. The Balaban J connectivity index is 1.67. The Hall–Kier alpha value is -2.54. The highest BCUT2D eigenvalue weighted by Gasteiger charge is 2.44. The molecule has 27 heavy (non-hydrogen) atoms. The summed E-state index contributed by atoms with van der Waals surface area (Å²) in [6.07, 6.45) is -1.93. The van der Waals surface area contributed by atoms with Gasteiger partial charge in [-0.1, -0.05) is 24.6 Å². The van der Waals surface area contributed by atoms with E-state index >= 15 is 0 Å². The number of rotatable bonds is 2. The van der Waals surface area contributed by atoms with Gasteiger partial charge in [0.25, 0.3) is 5.91 Å². The molecule has 2 aromatic carbocycles. The molecule has 2 N–H and O–H groups in total. The van der Waals surface area contributed by atoms with Crippen molar-refractivity contribution >= 4 is 11.6 Å². The van der Waals surface area contributed by atoms with Crippen LogP contribution >= 0.6 is 0 Å². The van der Waals surface area contributed by atoms with Crippen molar-refractivity contribution < 1.29 is 22.7 Å². The quantitative estimate of drug-likeness (QED) is 0.845. The van der Waals surface area contributed by atoms with Crippen LogP contribution in [0.15, 0.2) is 48.5 Å². The number of anilines is 1. The molecule has 2 aromatic rings. The SMILES string of the molecule is NC1c2ccccc2N(C(=O)c2ccc(OC(F)(F)F)cc2)C2CCCC12. The van der Waals surface area contributed by atoms with Gasteiger partial charge in [-0.3, -0.25) is 4.79 Å². The second kappa shape index (κ2) is 6.56. The first-order chi connectivity index (χ1) is 12.8. The minimum absolute atomic E-state index is 0.00787. The van der Waals surface area contributed by atoms with Gasteiger partial charge in [0.05, 0.1) is 0 Å². The first kappa shape index (κ1) is 17.9. The van der Waals surface area contributed by atoms with Crippen molar-refractivity contribution in [2.45, 2.75) is 37.7 Å². The van der Waals surface area contributed by atoms with E-state index < -0.39 is 6.36 Å². The van der Waals surface area contributed by atoms with Crippen molar-refractivity contribution in [1.29, 1.82) is 0 Å². The fourth-order valence-corrected chi connectivity index (χ4v) is 4.30. The molecule has 1 heterocycles. The number of para-hydroxylation sites is 1. The number of amides is 1. The Morgan fingerprint density at radius 3 is 2.48 bits per heavy atom. The summed E-state index contributed by atoms with van der Waals surface area (Å²) in [7, 11) is 0. The van der Waals surface area contributed by atoms with Crippen molar-refractivity contribution in [3.05, 3.63) is 59.7 Å². The first-order valence-corrected chi connectivity index (χ1v) is 8.89. The van der Waals surface area contributed by atoms with Crippen LogP contribution in [-0.2, 0) is 0 Å². The molecule has 0 saturated heterocycles. The van der Waals surface area contributed by atoms with Crippen LogP contribution in [0.5, 0.6) is 5.75 Å². The van der Waals surface area contributed by atoms with Crippen molar-refractivity contribution in [3.63, 3.8) is 0 Å². The molecule has 1 fully saturated rings. The van der Waals surface area contributed by atoms with Crippen LogP contribution < -0.4 is 15.4 Å². The van der Waals surface area contributed by atoms with E-state index in [-0.39, 0.29) is 29.7 Å². The largest absolute Gasteiger partial charge is 0.573 e. The molecule has 1 saturated carbocycles. The van der Waals surface area contributed by atoms with Gasteiger partial charge >= 0.3 is 6.36 Å². The van der Waals surface area contributed by atoms with Gasteiger partial charge in [0, 0.05) is 23.3 Å². The number of ether oxygens (including phenoxy) is 1. The summed E-state index contributed by atoms with van der Waals surface area (Å²) in [5, 5.41) is 0. The Kier molecular flexibility index (Phi) is 4.34.